The summed E-state index contributed by atoms with van der Waals surface area (Å²) in [6, 6.07) is 8.94. The molecule has 0 saturated heterocycles. The molecule has 1 aliphatic carbocycles. The van der Waals surface area contributed by atoms with Crippen molar-refractivity contribution in [3.63, 3.8) is 0 Å². The van der Waals surface area contributed by atoms with E-state index in [0.29, 0.717) is 18.3 Å². The predicted octanol–water partition coefficient (Wildman–Crippen LogP) is 4.69. The molecule has 20 heavy (non-hydrogen) atoms. The van der Waals surface area contributed by atoms with Crippen molar-refractivity contribution < 1.29 is 9.90 Å². The van der Waals surface area contributed by atoms with E-state index in [1.54, 1.807) is 0 Å². The first kappa shape index (κ1) is 14.8. The number of aryl methyl sites for hydroxylation is 1. The van der Waals surface area contributed by atoms with Crippen molar-refractivity contribution in [2.45, 2.75) is 51.4 Å². The van der Waals surface area contributed by atoms with Crippen molar-refractivity contribution in [3.05, 3.63) is 47.5 Å². The van der Waals surface area contributed by atoms with Crippen molar-refractivity contribution in [2.24, 2.45) is 5.92 Å². The Morgan fingerprint density at radius 3 is 2.45 bits per heavy atom. The lowest BCUT2D eigenvalue weighted by atomic mass is 9.78. The fourth-order valence-electron chi connectivity index (χ4n) is 2.98. The number of benzene rings is 1. The van der Waals surface area contributed by atoms with E-state index in [1.807, 2.05) is 6.08 Å². The molecule has 0 radical (unpaired) electrons. The van der Waals surface area contributed by atoms with Crippen LogP contribution < -0.4 is 0 Å². The van der Waals surface area contributed by atoms with Gasteiger partial charge in [0.15, 0.2) is 0 Å². The summed E-state index contributed by atoms with van der Waals surface area (Å²) in [4.78, 5) is 10.4. The van der Waals surface area contributed by atoms with Crippen LogP contribution in [0.3, 0.4) is 0 Å². The molecule has 0 aromatic heterocycles. The van der Waals surface area contributed by atoms with Crippen molar-refractivity contribution in [3.8, 4) is 0 Å². The maximum absolute atomic E-state index is 10.4. The minimum absolute atomic E-state index is 0.245. The Bertz CT molecular complexity index is 451. The average Bonchev–Trinajstić information content (AvgIpc) is 2.45. The molecule has 0 unspecified atom stereocenters. The van der Waals surface area contributed by atoms with E-state index in [4.69, 9.17) is 5.11 Å². The third-order valence-corrected chi connectivity index (χ3v) is 4.25. The Hall–Kier alpha value is -1.57. The molecule has 2 rings (SSSR count). The molecule has 1 aliphatic rings. The first-order valence-corrected chi connectivity index (χ1v) is 7.60. The molecule has 2 nitrogen and oxygen atoms in total. The predicted molar refractivity (Wildman–Crippen MR) is 81.9 cm³/mol. The largest absolute Gasteiger partial charge is 0.481 e. The molecule has 2 heteroatoms. The number of carboxylic acid groups (broad SMARTS) is 1. The van der Waals surface area contributed by atoms with E-state index in [-0.39, 0.29) is 6.42 Å². The molecular formula is C18H24O2. The van der Waals surface area contributed by atoms with Gasteiger partial charge in [0.05, 0.1) is 0 Å². The van der Waals surface area contributed by atoms with Gasteiger partial charge >= 0.3 is 5.97 Å². The van der Waals surface area contributed by atoms with Crippen LogP contribution in [0.5, 0.6) is 0 Å². The molecule has 0 heterocycles. The Labute approximate surface area is 121 Å². The summed E-state index contributed by atoms with van der Waals surface area (Å²) in [5, 5.41) is 8.60. The molecule has 1 aromatic carbocycles. The second kappa shape index (κ2) is 7.28. The zero-order valence-corrected chi connectivity index (χ0v) is 12.2. The van der Waals surface area contributed by atoms with Gasteiger partial charge < -0.3 is 5.11 Å². The molecule has 108 valence electrons. The number of hydrogen-bond donors (Lipinski definition) is 1. The smallest absolute Gasteiger partial charge is 0.303 e. The lowest BCUT2D eigenvalue weighted by molar-refractivity contribution is -0.136. The first-order valence-electron chi connectivity index (χ1n) is 7.60. The molecule has 1 N–H and O–H groups in total. The van der Waals surface area contributed by atoms with E-state index in [1.165, 1.54) is 36.8 Å². The van der Waals surface area contributed by atoms with Gasteiger partial charge in [-0.1, -0.05) is 42.0 Å². The van der Waals surface area contributed by atoms with Gasteiger partial charge in [0.1, 0.15) is 0 Å². The van der Waals surface area contributed by atoms with Crippen LogP contribution in [-0.4, -0.2) is 11.1 Å². The molecule has 0 spiro atoms. The van der Waals surface area contributed by atoms with Crippen LogP contribution in [0.25, 0.3) is 0 Å². The SMILES string of the molecule is Cc1ccc(C2CCC(C=CCCC(=O)O)CC2)cc1. The number of carbonyl (C=O) groups is 1. The van der Waals surface area contributed by atoms with Crippen LogP contribution in [0.15, 0.2) is 36.4 Å². The molecule has 0 bridgehead atoms. The second-order valence-corrected chi connectivity index (χ2v) is 5.88. The van der Waals surface area contributed by atoms with Crippen LogP contribution >= 0.6 is 0 Å². The number of allylic oxidation sites excluding steroid dienone is 2. The Balaban J connectivity index is 1.77. The number of aliphatic carboxylic acids is 1. The highest BCUT2D eigenvalue weighted by atomic mass is 16.4. The first-order chi connectivity index (χ1) is 9.65. The molecule has 0 aliphatic heterocycles. The Kier molecular flexibility index (Phi) is 5.40. The average molecular weight is 272 g/mol. The van der Waals surface area contributed by atoms with Gasteiger partial charge in [-0.25, -0.2) is 0 Å². The summed E-state index contributed by atoms with van der Waals surface area (Å²) >= 11 is 0. The van der Waals surface area contributed by atoms with Gasteiger partial charge in [-0.05, 0) is 56.4 Å². The van der Waals surface area contributed by atoms with Crippen molar-refractivity contribution >= 4 is 5.97 Å². The summed E-state index contributed by atoms with van der Waals surface area (Å²) in [6.07, 6.45) is 10.1. The molecular weight excluding hydrogens is 248 g/mol. The van der Waals surface area contributed by atoms with Crippen LogP contribution in [-0.2, 0) is 4.79 Å². The molecule has 1 fully saturated rings. The number of rotatable bonds is 5. The van der Waals surface area contributed by atoms with Crippen molar-refractivity contribution in [2.75, 3.05) is 0 Å². The summed E-state index contributed by atoms with van der Waals surface area (Å²) in [6.45, 7) is 2.13. The quantitative estimate of drug-likeness (QED) is 0.789. The Morgan fingerprint density at radius 1 is 1.20 bits per heavy atom. The van der Waals surface area contributed by atoms with Gasteiger partial charge in [-0.2, -0.15) is 0 Å². The van der Waals surface area contributed by atoms with Gasteiger partial charge in [-0.3, -0.25) is 4.79 Å². The van der Waals surface area contributed by atoms with Gasteiger partial charge in [0.25, 0.3) is 0 Å². The minimum atomic E-state index is -0.710. The third kappa shape index (κ3) is 4.52. The maximum atomic E-state index is 10.4. The number of hydrogen-bond acceptors (Lipinski definition) is 1. The summed E-state index contributed by atoms with van der Waals surface area (Å²) in [5.41, 5.74) is 2.80. The highest BCUT2D eigenvalue weighted by molar-refractivity contribution is 5.66. The summed E-state index contributed by atoms with van der Waals surface area (Å²) < 4.78 is 0. The second-order valence-electron chi connectivity index (χ2n) is 5.88. The molecule has 0 amide bonds. The van der Waals surface area contributed by atoms with E-state index < -0.39 is 5.97 Å². The van der Waals surface area contributed by atoms with Crippen LogP contribution in [0, 0.1) is 12.8 Å². The van der Waals surface area contributed by atoms with E-state index in [2.05, 4.69) is 37.3 Å². The maximum Gasteiger partial charge on any atom is 0.303 e. The lowest BCUT2D eigenvalue weighted by Crippen LogP contribution is -2.11. The van der Waals surface area contributed by atoms with Crippen LogP contribution in [0.4, 0.5) is 0 Å². The fourth-order valence-corrected chi connectivity index (χ4v) is 2.98. The standard InChI is InChI=1S/C18H24O2/c1-14-6-10-16(11-7-14)17-12-8-15(9-13-17)4-2-3-5-18(19)20/h2,4,6-7,10-11,15,17H,3,5,8-9,12-13H2,1H3,(H,19,20). The molecule has 1 aromatic rings. The van der Waals surface area contributed by atoms with Gasteiger partial charge in [0, 0.05) is 6.42 Å². The topological polar surface area (TPSA) is 37.3 Å². The molecule has 1 saturated carbocycles. The summed E-state index contributed by atoms with van der Waals surface area (Å²) in [7, 11) is 0. The van der Waals surface area contributed by atoms with Crippen LogP contribution in [0.1, 0.15) is 55.6 Å². The zero-order chi connectivity index (χ0) is 14.4. The van der Waals surface area contributed by atoms with Gasteiger partial charge in [0.2, 0.25) is 0 Å². The molecule has 0 atom stereocenters. The van der Waals surface area contributed by atoms with E-state index in [0.717, 1.165) is 0 Å². The van der Waals surface area contributed by atoms with E-state index >= 15 is 0 Å². The van der Waals surface area contributed by atoms with Gasteiger partial charge in [-0.15, -0.1) is 0 Å². The van der Waals surface area contributed by atoms with Crippen molar-refractivity contribution in [1.29, 1.82) is 0 Å². The van der Waals surface area contributed by atoms with Crippen molar-refractivity contribution in [1.82, 2.24) is 0 Å². The normalized spacial score (nSPS) is 23.1. The highest BCUT2D eigenvalue weighted by Crippen LogP contribution is 2.36. The third-order valence-electron chi connectivity index (χ3n) is 4.25. The minimum Gasteiger partial charge on any atom is -0.481 e. The summed E-state index contributed by atoms with van der Waals surface area (Å²) in [5.74, 6) is 0.641. The fraction of sp³-hybridized carbons (Fsp3) is 0.500. The van der Waals surface area contributed by atoms with Crippen LogP contribution in [0.2, 0.25) is 0 Å². The lowest BCUT2D eigenvalue weighted by Gasteiger charge is -2.27. The monoisotopic (exact) mass is 272 g/mol. The zero-order valence-electron chi connectivity index (χ0n) is 12.2. The van der Waals surface area contributed by atoms with E-state index in [9.17, 15) is 4.79 Å². The number of carboxylic acids is 1. The Morgan fingerprint density at radius 2 is 1.85 bits per heavy atom. The highest BCUT2D eigenvalue weighted by Gasteiger charge is 2.20.